The highest BCUT2D eigenvalue weighted by Crippen LogP contribution is 2.26. The van der Waals surface area contributed by atoms with Crippen molar-refractivity contribution in [3.8, 4) is 11.3 Å². The van der Waals surface area contributed by atoms with Gasteiger partial charge in [0.2, 0.25) is 5.91 Å². The summed E-state index contributed by atoms with van der Waals surface area (Å²) in [5, 5.41) is 3.33. The van der Waals surface area contributed by atoms with Crippen molar-refractivity contribution in [2.45, 2.75) is 20.3 Å². The number of hydrazine groups is 1. The van der Waals surface area contributed by atoms with Gasteiger partial charge in [-0.2, -0.15) is 0 Å². The maximum Gasteiger partial charge on any atom is 0.244 e. The third-order valence-corrected chi connectivity index (χ3v) is 5.67. The summed E-state index contributed by atoms with van der Waals surface area (Å²) in [7, 11) is 0. The Kier molecular flexibility index (Phi) is 6.53. The molecule has 0 atom stereocenters. The molecule has 0 spiro atoms. The molecule has 0 radical (unpaired) electrons. The third kappa shape index (κ3) is 5.15. The summed E-state index contributed by atoms with van der Waals surface area (Å²) in [6.45, 7) is 4.06. The first-order valence-corrected chi connectivity index (χ1v) is 11.3. The van der Waals surface area contributed by atoms with Crippen LogP contribution in [0.4, 0.5) is 5.69 Å². The second kappa shape index (κ2) is 9.50. The first kappa shape index (κ1) is 22.0. The molecule has 0 aliphatic rings. The average molecular weight is 508 g/mol. The van der Waals surface area contributed by atoms with E-state index in [-0.39, 0.29) is 12.3 Å². The Hall–Kier alpha value is -3.23. The topological polar surface area (TPSA) is 70.5 Å². The van der Waals surface area contributed by atoms with E-state index in [1.807, 2.05) is 85.1 Å². The van der Waals surface area contributed by atoms with Crippen molar-refractivity contribution in [3.05, 3.63) is 88.2 Å². The number of anilines is 1. The zero-order valence-corrected chi connectivity index (χ0v) is 20.0. The highest BCUT2D eigenvalue weighted by molar-refractivity contribution is 9.10. The largest absolute Gasteiger partial charge is 0.331 e. The van der Waals surface area contributed by atoms with Crippen LogP contribution in [0.15, 0.2) is 71.3 Å². The van der Waals surface area contributed by atoms with Crippen LogP contribution in [-0.2, 0) is 11.2 Å². The summed E-state index contributed by atoms with van der Waals surface area (Å²) < 4.78 is 2.95. The molecule has 2 aromatic carbocycles. The van der Waals surface area contributed by atoms with Crippen LogP contribution in [-0.4, -0.2) is 20.4 Å². The van der Waals surface area contributed by atoms with Crippen LogP contribution in [0.5, 0.6) is 0 Å². The number of nitrogens with zero attached hydrogens (tertiary/aromatic N) is 2. The van der Waals surface area contributed by atoms with E-state index >= 15 is 0 Å². The van der Waals surface area contributed by atoms with E-state index < -0.39 is 0 Å². The number of carbonyl (C=O) groups is 1. The Morgan fingerprint density at radius 3 is 2.38 bits per heavy atom. The minimum absolute atomic E-state index is 0.141. The van der Waals surface area contributed by atoms with Crippen molar-refractivity contribution >= 4 is 50.5 Å². The predicted octanol–water partition coefficient (Wildman–Crippen LogP) is 4.94. The van der Waals surface area contributed by atoms with Gasteiger partial charge in [0.25, 0.3) is 0 Å². The number of hydrogen-bond acceptors (Lipinski definition) is 3. The molecule has 4 rings (SSSR count). The normalized spacial score (nSPS) is 10.7. The van der Waals surface area contributed by atoms with Gasteiger partial charge in [0.05, 0.1) is 17.8 Å². The summed E-state index contributed by atoms with van der Waals surface area (Å²) in [5.74, 6) is -0.221. The first-order chi connectivity index (χ1) is 15.4. The highest BCUT2D eigenvalue weighted by Gasteiger charge is 2.17. The van der Waals surface area contributed by atoms with E-state index in [9.17, 15) is 4.79 Å². The molecule has 6 nitrogen and oxygen atoms in total. The van der Waals surface area contributed by atoms with Crippen molar-refractivity contribution in [2.75, 3.05) is 5.32 Å². The first-order valence-electron chi connectivity index (χ1n) is 10.0. The third-order valence-electron chi connectivity index (χ3n) is 4.94. The van der Waals surface area contributed by atoms with E-state index in [1.165, 1.54) is 5.56 Å². The predicted molar refractivity (Wildman–Crippen MR) is 135 cm³/mol. The van der Waals surface area contributed by atoms with Crippen LogP contribution in [0.25, 0.3) is 16.9 Å². The van der Waals surface area contributed by atoms with Crippen molar-refractivity contribution < 1.29 is 4.79 Å². The minimum Gasteiger partial charge on any atom is -0.331 e. The molecule has 4 aromatic rings. The van der Waals surface area contributed by atoms with Gasteiger partial charge in [-0.05, 0) is 62.0 Å². The minimum atomic E-state index is -0.221. The number of hydrogen-bond donors (Lipinski definition) is 3. The summed E-state index contributed by atoms with van der Waals surface area (Å²) in [5.41, 5.74) is 11.9. The van der Waals surface area contributed by atoms with Crippen molar-refractivity contribution in [1.82, 2.24) is 20.2 Å². The average Bonchev–Trinajstić information content (AvgIpc) is 3.12. The fourth-order valence-electron chi connectivity index (χ4n) is 3.33. The Morgan fingerprint density at radius 1 is 0.969 bits per heavy atom. The van der Waals surface area contributed by atoms with Gasteiger partial charge in [0.15, 0.2) is 5.11 Å². The molecular formula is C24H22BrN5OS. The number of benzene rings is 2. The number of imidazole rings is 1. The molecular weight excluding hydrogens is 486 g/mol. The van der Waals surface area contributed by atoms with E-state index in [1.54, 1.807) is 0 Å². The number of aryl methyl sites for hydroxylation is 2. The molecule has 0 aliphatic heterocycles. The quantitative estimate of drug-likeness (QED) is 0.269. The summed E-state index contributed by atoms with van der Waals surface area (Å²) in [6.07, 6.45) is 2.14. The Morgan fingerprint density at radius 2 is 1.66 bits per heavy atom. The molecule has 2 aromatic heterocycles. The van der Waals surface area contributed by atoms with Crippen LogP contribution in [0.3, 0.4) is 0 Å². The highest BCUT2D eigenvalue weighted by atomic mass is 79.9. The summed E-state index contributed by atoms with van der Waals surface area (Å²) in [6, 6.07) is 19.7. The van der Waals surface area contributed by atoms with Gasteiger partial charge >= 0.3 is 0 Å². The van der Waals surface area contributed by atoms with E-state index in [2.05, 4.69) is 32.1 Å². The van der Waals surface area contributed by atoms with Gasteiger partial charge in [-0.15, -0.1) is 0 Å². The van der Waals surface area contributed by atoms with Crippen LogP contribution in [0, 0.1) is 13.8 Å². The zero-order chi connectivity index (χ0) is 22.7. The SMILES string of the molecule is Cc1ccc(-c2nc3ccc(C)cn3c2CC(=O)NNC(=S)Nc2ccc(Br)cc2)cc1. The van der Waals surface area contributed by atoms with Crippen LogP contribution in [0.1, 0.15) is 16.8 Å². The standard InChI is InChI=1S/C24H22BrN5OS/c1-15-3-6-17(7-4-15)23-20(30-14-16(2)5-12-21(30)27-23)13-22(31)28-29-24(32)26-19-10-8-18(25)9-11-19/h3-12,14H,13H2,1-2H3,(H,28,31)(H2,26,29,32). The van der Waals surface area contributed by atoms with E-state index in [0.717, 1.165) is 38.3 Å². The molecule has 162 valence electrons. The molecule has 0 aliphatic carbocycles. The molecule has 0 fully saturated rings. The van der Waals surface area contributed by atoms with Crippen LogP contribution < -0.4 is 16.2 Å². The number of thiocarbonyl (C=S) groups is 1. The smallest absolute Gasteiger partial charge is 0.244 e. The molecule has 0 saturated carbocycles. The number of nitrogens with one attached hydrogen (secondary N) is 3. The lowest BCUT2D eigenvalue weighted by atomic mass is 10.1. The van der Waals surface area contributed by atoms with Gasteiger partial charge in [-0.3, -0.25) is 15.6 Å². The lowest BCUT2D eigenvalue weighted by Gasteiger charge is -2.12. The lowest BCUT2D eigenvalue weighted by molar-refractivity contribution is -0.121. The number of halogens is 1. The number of aromatic nitrogens is 2. The monoisotopic (exact) mass is 507 g/mol. The van der Waals surface area contributed by atoms with E-state index in [0.29, 0.717) is 5.11 Å². The molecule has 8 heteroatoms. The fraction of sp³-hybridized carbons (Fsp3) is 0.125. The number of pyridine rings is 1. The number of carbonyl (C=O) groups excluding carboxylic acids is 1. The van der Waals surface area contributed by atoms with Crippen LogP contribution in [0.2, 0.25) is 0 Å². The number of rotatable bonds is 4. The van der Waals surface area contributed by atoms with E-state index in [4.69, 9.17) is 17.2 Å². The van der Waals surface area contributed by atoms with Gasteiger partial charge in [-0.1, -0.05) is 51.8 Å². The lowest BCUT2D eigenvalue weighted by Crippen LogP contribution is -2.44. The number of amides is 1. The van der Waals surface area contributed by atoms with Gasteiger partial charge in [-0.25, -0.2) is 4.98 Å². The summed E-state index contributed by atoms with van der Waals surface area (Å²) >= 11 is 8.67. The molecule has 32 heavy (non-hydrogen) atoms. The van der Waals surface area contributed by atoms with Crippen molar-refractivity contribution in [3.63, 3.8) is 0 Å². The maximum absolute atomic E-state index is 12.8. The Bertz CT molecular complexity index is 1280. The Balaban J connectivity index is 1.51. The zero-order valence-electron chi connectivity index (χ0n) is 17.6. The van der Waals surface area contributed by atoms with Crippen molar-refractivity contribution in [1.29, 1.82) is 0 Å². The van der Waals surface area contributed by atoms with Crippen LogP contribution >= 0.6 is 28.1 Å². The molecule has 0 bridgehead atoms. The van der Waals surface area contributed by atoms with Crippen molar-refractivity contribution in [2.24, 2.45) is 0 Å². The summed E-state index contributed by atoms with van der Waals surface area (Å²) in [4.78, 5) is 17.6. The van der Waals surface area contributed by atoms with Gasteiger partial charge < -0.3 is 9.72 Å². The fourth-order valence-corrected chi connectivity index (χ4v) is 3.76. The molecule has 1 amide bonds. The molecule has 0 saturated heterocycles. The van der Waals surface area contributed by atoms with Gasteiger partial charge in [0, 0.05) is 21.9 Å². The second-order valence-corrected chi connectivity index (χ2v) is 8.84. The molecule has 3 N–H and O–H groups in total. The maximum atomic E-state index is 12.8. The van der Waals surface area contributed by atoms with Gasteiger partial charge in [0.1, 0.15) is 5.65 Å². The second-order valence-electron chi connectivity index (χ2n) is 7.52. The Labute approximate surface area is 200 Å². The molecule has 0 unspecified atom stereocenters. The number of fused-ring (bicyclic) bond motifs is 1. The molecule has 2 heterocycles.